The van der Waals surface area contributed by atoms with E-state index in [1.807, 2.05) is 25.1 Å². The van der Waals surface area contributed by atoms with Crippen LogP contribution >= 0.6 is 0 Å². The largest absolute Gasteiger partial charge is 0.493 e. The van der Waals surface area contributed by atoms with Crippen LogP contribution in [0.4, 0.5) is 0 Å². The van der Waals surface area contributed by atoms with Crippen LogP contribution in [0.5, 0.6) is 11.5 Å². The van der Waals surface area contributed by atoms with Crippen molar-refractivity contribution < 1.29 is 14.3 Å². The number of carbonyl (C=O) groups is 1. The highest BCUT2D eigenvalue weighted by molar-refractivity contribution is 5.95. The predicted octanol–water partition coefficient (Wildman–Crippen LogP) is 3.76. The van der Waals surface area contributed by atoms with Gasteiger partial charge < -0.3 is 14.8 Å². The molecular formula is C19H24N2O3. The van der Waals surface area contributed by atoms with E-state index in [0.717, 1.165) is 18.5 Å². The van der Waals surface area contributed by atoms with E-state index < -0.39 is 0 Å². The highest BCUT2D eigenvalue weighted by Gasteiger charge is 2.14. The van der Waals surface area contributed by atoms with Crippen molar-refractivity contribution in [2.45, 2.75) is 32.7 Å². The SMILES string of the molecule is CCCCOc1ccc(C(=O)NC(C)c2ccccn2)cc1OC. The minimum Gasteiger partial charge on any atom is -0.493 e. The Bertz CT molecular complexity index is 659. The quantitative estimate of drug-likeness (QED) is 0.750. The van der Waals surface area contributed by atoms with E-state index >= 15 is 0 Å². The molecule has 1 N–H and O–H groups in total. The molecule has 24 heavy (non-hydrogen) atoms. The summed E-state index contributed by atoms with van der Waals surface area (Å²) in [7, 11) is 1.57. The number of ether oxygens (including phenoxy) is 2. The van der Waals surface area contributed by atoms with Gasteiger partial charge in [-0.2, -0.15) is 0 Å². The molecule has 1 amide bonds. The van der Waals surface area contributed by atoms with Crippen LogP contribution in [0.2, 0.25) is 0 Å². The molecule has 0 aliphatic heterocycles. The lowest BCUT2D eigenvalue weighted by molar-refractivity contribution is 0.0938. The van der Waals surface area contributed by atoms with Gasteiger partial charge >= 0.3 is 0 Å². The Labute approximate surface area is 143 Å². The topological polar surface area (TPSA) is 60.5 Å². The summed E-state index contributed by atoms with van der Waals surface area (Å²) in [6, 6.07) is 10.7. The van der Waals surface area contributed by atoms with E-state index in [1.165, 1.54) is 0 Å². The van der Waals surface area contributed by atoms with Crippen LogP contribution in [0, 0.1) is 0 Å². The van der Waals surface area contributed by atoms with Crippen LogP contribution in [-0.2, 0) is 0 Å². The molecule has 1 atom stereocenters. The third-order valence-electron chi connectivity index (χ3n) is 3.66. The van der Waals surface area contributed by atoms with Gasteiger partial charge in [-0.1, -0.05) is 19.4 Å². The van der Waals surface area contributed by atoms with Crippen LogP contribution in [0.15, 0.2) is 42.6 Å². The number of unbranched alkanes of at least 4 members (excludes halogenated alkanes) is 1. The van der Waals surface area contributed by atoms with Crippen molar-refractivity contribution in [2.24, 2.45) is 0 Å². The van der Waals surface area contributed by atoms with Crippen molar-refractivity contribution in [1.82, 2.24) is 10.3 Å². The van der Waals surface area contributed by atoms with Gasteiger partial charge in [-0.25, -0.2) is 0 Å². The van der Waals surface area contributed by atoms with E-state index in [9.17, 15) is 4.79 Å². The zero-order chi connectivity index (χ0) is 17.4. The van der Waals surface area contributed by atoms with E-state index in [-0.39, 0.29) is 11.9 Å². The lowest BCUT2D eigenvalue weighted by Gasteiger charge is -2.15. The van der Waals surface area contributed by atoms with Gasteiger partial charge in [-0.05, 0) is 43.7 Å². The molecule has 2 rings (SSSR count). The Balaban J connectivity index is 2.06. The number of benzene rings is 1. The number of amides is 1. The van der Waals surface area contributed by atoms with Crippen molar-refractivity contribution in [1.29, 1.82) is 0 Å². The highest BCUT2D eigenvalue weighted by Crippen LogP contribution is 2.28. The summed E-state index contributed by atoms with van der Waals surface area (Å²) < 4.78 is 11.0. The summed E-state index contributed by atoms with van der Waals surface area (Å²) in [6.07, 6.45) is 3.75. The second-order valence-corrected chi connectivity index (χ2v) is 5.52. The third-order valence-corrected chi connectivity index (χ3v) is 3.66. The zero-order valence-corrected chi connectivity index (χ0v) is 14.4. The number of aromatic nitrogens is 1. The maximum absolute atomic E-state index is 12.4. The minimum absolute atomic E-state index is 0.174. The molecule has 1 aromatic heterocycles. The van der Waals surface area contributed by atoms with Crippen LogP contribution in [-0.4, -0.2) is 24.6 Å². The number of nitrogens with zero attached hydrogens (tertiary/aromatic N) is 1. The summed E-state index contributed by atoms with van der Waals surface area (Å²) in [4.78, 5) is 16.7. The number of methoxy groups -OCH3 is 1. The average molecular weight is 328 g/mol. The highest BCUT2D eigenvalue weighted by atomic mass is 16.5. The van der Waals surface area contributed by atoms with E-state index in [1.54, 1.807) is 31.5 Å². The first-order valence-corrected chi connectivity index (χ1v) is 8.18. The van der Waals surface area contributed by atoms with Gasteiger partial charge in [0, 0.05) is 11.8 Å². The van der Waals surface area contributed by atoms with Gasteiger partial charge in [0.05, 0.1) is 25.5 Å². The molecule has 0 saturated carbocycles. The van der Waals surface area contributed by atoms with Crippen molar-refractivity contribution >= 4 is 5.91 Å². The van der Waals surface area contributed by atoms with Gasteiger partial charge in [0.2, 0.25) is 0 Å². The van der Waals surface area contributed by atoms with Crippen LogP contribution in [0.25, 0.3) is 0 Å². The molecule has 0 aliphatic carbocycles. The van der Waals surface area contributed by atoms with Gasteiger partial charge in [-0.15, -0.1) is 0 Å². The number of hydrogen-bond acceptors (Lipinski definition) is 4. The zero-order valence-electron chi connectivity index (χ0n) is 14.4. The Morgan fingerprint density at radius 1 is 1.25 bits per heavy atom. The second kappa shape index (κ2) is 8.91. The molecule has 0 bridgehead atoms. The molecule has 0 aliphatic rings. The predicted molar refractivity (Wildman–Crippen MR) is 93.5 cm³/mol. The third kappa shape index (κ3) is 4.72. The van der Waals surface area contributed by atoms with E-state index in [2.05, 4.69) is 17.2 Å². The first-order valence-electron chi connectivity index (χ1n) is 8.18. The summed E-state index contributed by atoms with van der Waals surface area (Å²) in [5.74, 6) is 1.04. The van der Waals surface area contributed by atoms with Gasteiger partial charge in [-0.3, -0.25) is 9.78 Å². The van der Waals surface area contributed by atoms with Gasteiger partial charge in [0.1, 0.15) is 0 Å². The monoisotopic (exact) mass is 328 g/mol. The minimum atomic E-state index is -0.176. The fourth-order valence-electron chi connectivity index (χ4n) is 2.24. The summed E-state index contributed by atoms with van der Waals surface area (Å²) >= 11 is 0. The molecule has 1 unspecified atom stereocenters. The van der Waals surface area contributed by atoms with Crippen LogP contribution < -0.4 is 14.8 Å². The number of carbonyl (C=O) groups excluding carboxylic acids is 1. The average Bonchev–Trinajstić information content (AvgIpc) is 2.62. The summed E-state index contributed by atoms with van der Waals surface area (Å²) in [5, 5.41) is 2.94. The van der Waals surface area contributed by atoms with E-state index in [4.69, 9.17) is 9.47 Å². The Kier molecular flexibility index (Phi) is 6.61. The van der Waals surface area contributed by atoms with Crippen LogP contribution in [0.1, 0.15) is 48.8 Å². The van der Waals surface area contributed by atoms with Gasteiger partial charge in [0.25, 0.3) is 5.91 Å². The Morgan fingerprint density at radius 3 is 2.75 bits per heavy atom. The molecule has 0 fully saturated rings. The first-order chi connectivity index (χ1) is 11.7. The van der Waals surface area contributed by atoms with Gasteiger partial charge in [0.15, 0.2) is 11.5 Å². The molecular weight excluding hydrogens is 304 g/mol. The van der Waals surface area contributed by atoms with Crippen LogP contribution in [0.3, 0.4) is 0 Å². The number of pyridine rings is 1. The lowest BCUT2D eigenvalue weighted by Crippen LogP contribution is -2.27. The fourth-order valence-corrected chi connectivity index (χ4v) is 2.24. The normalized spacial score (nSPS) is 11.6. The number of nitrogens with one attached hydrogen (secondary N) is 1. The number of rotatable bonds is 8. The van der Waals surface area contributed by atoms with E-state index in [0.29, 0.717) is 23.7 Å². The molecule has 0 radical (unpaired) electrons. The maximum atomic E-state index is 12.4. The molecule has 5 heteroatoms. The molecule has 1 heterocycles. The standard InChI is InChI=1S/C19H24N2O3/c1-4-5-12-24-17-10-9-15(13-18(17)23-3)19(22)21-14(2)16-8-6-7-11-20-16/h6-11,13-14H,4-5,12H2,1-3H3,(H,21,22). The summed E-state index contributed by atoms with van der Waals surface area (Å²) in [6.45, 7) is 4.64. The molecule has 5 nitrogen and oxygen atoms in total. The van der Waals surface area contributed by atoms with Crippen molar-refractivity contribution in [3.63, 3.8) is 0 Å². The lowest BCUT2D eigenvalue weighted by atomic mass is 10.1. The van der Waals surface area contributed by atoms with Crippen molar-refractivity contribution in [3.8, 4) is 11.5 Å². The number of hydrogen-bond donors (Lipinski definition) is 1. The molecule has 1 aromatic carbocycles. The summed E-state index contributed by atoms with van der Waals surface area (Å²) in [5.41, 5.74) is 1.34. The van der Waals surface area contributed by atoms with Crippen molar-refractivity contribution in [2.75, 3.05) is 13.7 Å². The Morgan fingerprint density at radius 2 is 2.08 bits per heavy atom. The second-order valence-electron chi connectivity index (χ2n) is 5.52. The molecule has 0 spiro atoms. The smallest absolute Gasteiger partial charge is 0.251 e. The van der Waals surface area contributed by atoms with Crippen molar-refractivity contribution in [3.05, 3.63) is 53.9 Å². The molecule has 0 saturated heterocycles. The molecule has 128 valence electrons. The fraction of sp³-hybridized carbons (Fsp3) is 0.368. The molecule has 2 aromatic rings. The first kappa shape index (κ1) is 17.8. The maximum Gasteiger partial charge on any atom is 0.251 e. The Hall–Kier alpha value is -2.56.